The lowest BCUT2D eigenvalue weighted by atomic mass is 9.86. The zero-order valence-corrected chi connectivity index (χ0v) is 15.6. The molecule has 0 aromatic carbocycles. The first-order valence-corrected chi connectivity index (χ1v) is 10.5. The summed E-state index contributed by atoms with van der Waals surface area (Å²) in [5.41, 5.74) is 0. The number of fused-ring (bicyclic) bond motifs is 1. The van der Waals surface area contributed by atoms with Crippen LogP contribution in [-0.2, 0) is 19.1 Å². The van der Waals surface area contributed by atoms with Crippen molar-refractivity contribution < 1.29 is 19.1 Å². The molecule has 0 spiro atoms. The molecular weight excluding hydrogens is 332 g/mol. The van der Waals surface area contributed by atoms with Gasteiger partial charge in [0.05, 0.1) is 25.3 Å². The van der Waals surface area contributed by atoms with Gasteiger partial charge in [-0.05, 0) is 31.6 Å². The molecule has 2 heterocycles. The van der Waals surface area contributed by atoms with Gasteiger partial charge in [-0.15, -0.1) is 0 Å². The number of carbonyl (C=O) groups is 2. The molecule has 0 radical (unpaired) electrons. The predicted octanol–water partition coefficient (Wildman–Crippen LogP) is 1.91. The van der Waals surface area contributed by atoms with Crippen LogP contribution < -0.4 is 10.6 Å². The monoisotopic (exact) mass is 364 g/mol. The van der Waals surface area contributed by atoms with Crippen molar-refractivity contribution in [2.24, 2.45) is 11.8 Å². The highest BCUT2D eigenvalue weighted by molar-refractivity contribution is 5.81. The fourth-order valence-corrected chi connectivity index (χ4v) is 4.70. The van der Waals surface area contributed by atoms with Gasteiger partial charge in [0.2, 0.25) is 11.8 Å². The third-order valence-electron chi connectivity index (χ3n) is 6.42. The summed E-state index contributed by atoms with van der Waals surface area (Å²) in [5, 5.41) is 6.15. The molecule has 0 bridgehead atoms. The van der Waals surface area contributed by atoms with Crippen LogP contribution in [0.2, 0.25) is 0 Å². The maximum Gasteiger partial charge on any atom is 0.223 e. The Morgan fingerprint density at radius 2 is 1.50 bits per heavy atom. The Morgan fingerprint density at radius 1 is 0.846 bits per heavy atom. The Hall–Kier alpha value is -1.14. The van der Waals surface area contributed by atoms with E-state index in [0.717, 1.165) is 25.2 Å². The zero-order chi connectivity index (χ0) is 17.9. The van der Waals surface area contributed by atoms with E-state index >= 15 is 0 Å². The molecule has 2 saturated carbocycles. The second-order valence-corrected chi connectivity index (χ2v) is 8.56. The van der Waals surface area contributed by atoms with Crippen molar-refractivity contribution in [1.29, 1.82) is 0 Å². The number of hydrogen-bond donors (Lipinski definition) is 2. The van der Waals surface area contributed by atoms with E-state index in [1.165, 1.54) is 38.5 Å². The molecule has 2 N–H and O–H groups in total. The highest BCUT2D eigenvalue weighted by Gasteiger charge is 2.49. The number of nitrogens with one attached hydrogen (secondary N) is 2. The van der Waals surface area contributed by atoms with Gasteiger partial charge in [0.25, 0.3) is 0 Å². The lowest BCUT2D eigenvalue weighted by Crippen LogP contribution is -2.47. The van der Waals surface area contributed by atoms with Gasteiger partial charge in [-0.2, -0.15) is 0 Å². The predicted molar refractivity (Wildman–Crippen MR) is 96.5 cm³/mol. The topological polar surface area (TPSA) is 76.7 Å². The van der Waals surface area contributed by atoms with Crippen LogP contribution in [-0.4, -0.2) is 49.3 Å². The van der Waals surface area contributed by atoms with E-state index in [9.17, 15) is 9.59 Å². The van der Waals surface area contributed by atoms with Crippen LogP contribution in [0.25, 0.3) is 0 Å². The summed E-state index contributed by atoms with van der Waals surface area (Å²) in [7, 11) is 0. The first-order chi connectivity index (χ1) is 12.7. The molecule has 4 rings (SSSR count). The number of rotatable bonds is 7. The summed E-state index contributed by atoms with van der Waals surface area (Å²) in [6, 6.07) is -0.175. The van der Waals surface area contributed by atoms with Gasteiger partial charge in [0, 0.05) is 12.3 Å². The van der Waals surface area contributed by atoms with Crippen LogP contribution in [0.1, 0.15) is 64.2 Å². The van der Waals surface area contributed by atoms with Gasteiger partial charge in [-0.3, -0.25) is 9.59 Å². The minimum Gasteiger partial charge on any atom is -0.371 e. The molecule has 2 amide bonds. The molecule has 2 aliphatic carbocycles. The van der Waals surface area contributed by atoms with Crippen molar-refractivity contribution in [1.82, 2.24) is 10.6 Å². The van der Waals surface area contributed by atoms with Gasteiger partial charge in [-0.25, -0.2) is 0 Å². The summed E-state index contributed by atoms with van der Waals surface area (Å²) in [6.07, 6.45) is 11.2. The van der Waals surface area contributed by atoms with E-state index in [2.05, 4.69) is 10.6 Å². The third-order valence-corrected chi connectivity index (χ3v) is 6.42. The van der Waals surface area contributed by atoms with Crippen molar-refractivity contribution in [3.63, 3.8) is 0 Å². The minimum absolute atomic E-state index is 0.0821. The minimum atomic E-state index is -0.137. The van der Waals surface area contributed by atoms with Crippen LogP contribution >= 0.6 is 0 Å². The first kappa shape index (κ1) is 18.2. The van der Waals surface area contributed by atoms with Crippen LogP contribution in [0.15, 0.2) is 0 Å². The smallest absolute Gasteiger partial charge is 0.223 e. The Kier molecular flexibility index (Phi) is 5.79. The highest BCUT2D eigenvalue weighted by atomic mass is 16.6. The highest BCUT2D eigenvalue weighted by Crippen LogP contribution is 2.32. The molecule has 6 heteroatoms. The van der Waals surface area contributed by atoms with Gasteiger partial charge in [0.15, 0.2) is 0 Å². The fourth-order valence-electron chi connectivity index (χ4n) is 4.70. The molecule has 2 aliphatic heterocycles. The maximum absolute atomic E-state index is 12.3. The first-order valence-electron chi connectivity index (χ1n) is 10.5. The molecule has 4 fully saturated rings. The number of ether oxygens (including phenoxy) is 2. The fraction of sp³-hybridized carbons (Fsp3) is 0.900. The summed E-state index contributed by atoms with van der Waals surface area (Å²) in [6.45, 7) is 0.946. The zero-order valence-electron chi connectivity index (χ0n) is 15.6. The summed E-state index contributed by atoms with van der Waals surface area (Å²) >= 11 is 0. The average molecular weight is 364 g/mol. The van der Waals surface area contributed by atoms with Gasteiger partial charge in [0.1, 0.15) is 12.2 Å². The average Bonchev–Trinajstić information content (AvgIpc) is 3.32. The third kappa shape index (κ3) is 4.39. The molecule has 4 atom stereocenters. The molecule has 146 valence electrons. The molecular formula is C20H32N2O4. The molecule has 4 aliphatic rings. The van der Waals surface area contributed by atoms with Crippen molar-refractivity contribution in [3.8, 4) is 0 Å². The molecule has 0 aromatic heterocycles. The number of carbonyl (C=O) groups excluding carboxylic acids is 2. The van der Waals surface area contributed by atoms with Crippen molar-refractivity contribution in [2.75, 3.05) is 13.2 Å². The van der Waals surface area contributed by atoms with E-state index in [-0.39, 0.29) is 42.0 Å². The summed E-state index contributed by atoms with van der Waals surface area (Å²) < 4.78 is 11.7. The Morgan fingerprint density at radius 3 is 2.15 bits per heavy atom. The van der Waals surface area contributed by atoms with Crippen LogP contribution in [0.5, 0.6) is 0 Å². The SMILES string of the molecule is O=C(CCCC1CCCCC1)N[C@H]1CO[C@H]2[C@@H]1OC[C@@H]2NC(=O)C1CC1. The lowest BCUT2D eigenvalue weighted by molar-refractivity contribution is -0.123. The molecule has 0 aromatic rings. The largest absolute Gasteiger partial charge is 0.371 e. The number of amides is 2. The Labute approximate surface area is 155 Å². The van der Waals surface area contributed by atoms with Crippen LogP contribution in [0.4, 0.5) is 0 Å². The lowest BCUT2D eigenvalue weighted by Gasteiger charge is -2.21. The Bertz CT molecular complexity index is 516. The van der Waals surface area contributed by atoms with E-state index in [0.29, 0.717) is 19.6 Å². The Balaban J connectivity index is 1.17. The molecule has 6 nitrogen and oxygen atoms in total. The maximum atomic E-state index is 12.3. The van der Waals surface area contributed by atoms with Crippen molar-refractivity contribution in [3.05, 3.63) is 0 Å². The normalized spacial score (nSPS) is 34.5. The van der Waals surface area contributed by atoms with Crippen LogP contribution in [0.3, 0.4) is 0 Å². The molecule has 26 heavy (non-hydrogen) atoms. The van der Waals surface area contributed by atoms with E-state index in [1.54, 1.807) is 0 Å². The van der Waals surface area contributed by atoms with E-state index in [1.807, 2.05) is 0 Å². The second kappa shape index (κ2) is 8.26. The second-order valence-electron chi connectivity index (χ2n) is 8.56. The summed E-state index contributed by atoms with van der Waals surface area (Å²) in [4.78, 5) is 24.3. The van der Waals surface area contributed by atoms with Gasteiger partial charge < -0.3 is 20.1 Å². The van der Waals surface area contributed by atoms with Crippen molar-refractivity contribution >= 4 is 11.8 Å². The number of hydrogen-bond acceptors (Lipinski definition) is 4. The van der Waals surface area contributed by atoms with Crippen molar-refractivity contribution in [2.45, 2.75) is 88.5 Å². The van der Waals surface area contributed by atoms with Crippen LogP contribution in [0, 0.1) is 11.8 Å². The molecule has 0 unspecified atom stereocenters. The molecule has 2 saturated heterocycles. The van der Waals surface area contributed by atoms with Gasteiger partial charge in [-0.1, -0.05) is 32.1 Å². The standard InChI is InChI=1S/C20H32N2O4/c23-17(8-4-7-13-5-2-1-3-6-13)21-15-11-25-19-16(12-26-18(15)19)22-20(24)14-9-10-14/h13-16,18-19H,1-12H2,(H,21,23)(H,22,24)/t15-,16-,18+,19+/m0/s1. The van der Waals surface area contributed by atoms with Gasteiger partial charge >= 0.3 is 0 Å². The quantitative estimate of drug-likeness (QED) is 0.724. The van der Waals surface area contributed by atoms with E-state index < -0.39 is 0 Å². The van der Waals surface area contributed by atoms with E-state index in [4.69, 9.17) is 9.47 Å². The summed E-state index contributed by atoms with van der Waals surface area (Å²) in [5.74, 6) is 1.24.